The van der Waals surface area contributed by atoms with Gasteiger partial charge in [0.05, 0.1) is 24.0 Å². The first-order valence-electron chi connectivity index (χ1n) is 14.4. The summed E-state index contributed by atoms with van der Waals surface area (Å²) in [6.07, 6.45) is 1.19. The first-order valence-corrected chi connectivity index (χ1v) is 18.3. The fourth-order valence-corrected chi connectivity index (χ4v) is 9.55. The van der Waals surface area contributed by atoms with Crippen LogP contribution in [0.5, 0.6) is 0 Å². The van der Waals surface area contributed by atoms with Gasteiger partial charge in [-0.15, -0.1) is 5.10 Å². The molecule has 2 aliphatic rings. The van der Waals surface area contributed by atoms with E-state index in [2.05, 4.69) is 31.6 Å². The number of fused-ring (bicyclic) bond motifs is 2. The number of hydrogen-bond donors (Lipinski definition) is 4. The van der Waals surface area contributed by atoms with Crippen molar-refractivity contribution < 1.29 is 29.3 Å². The molecule has 2 aromatic carbocycles. The number of amides is 2. The van der Waals surface area contributed by atoms with Gasteiger partial charge in [-0.2, -0.15) is 0 Å². The number of aliphatic hydroxyl groups is 2. The quantitative estimate of drug-likeness (QED) is 0.240. The van der Waals surface area contributed by atoms with Crippen LogP contribution in [0.15, 0.2) is 53.1 Å². The number of halogens is 1. The zero-order chi connectivity index (χ0) is 31.1. The number of anilines is 2. The molecule has 1 spiro atoms. The number of benzene rings is 2. The van der Waals surface area contributed by atoms with E-state index in [-0.39, 0.29) is 30.5 Å². The average Bonchev–Trinajstić information content (AvgIpc) is 3.58. The lowest BCUT2D eigenvalue weighted by atomic mass is 9.82. The molecule has 3 aromatic rings. The number of rotatable bonds is 10. The van der Waals surface area contributed by atoms with Gasteiger partial charge in [0.1, 0.15) is 6.10 Å². The second kappa shape index (κ2) is 12.2. The average molecular weight is 673 g/mol. The molecule has 2 amide bonds. The van der Waals surface area contributed by atoms with Crippen LogP contribution in [0.25, 0.3) is 0 Å². The lowest BCUT2D eigenvalue weighted by molar-refractivity contribution is -0.146. The Hall–Kier alpha value is -2.94. The molecule has 0 bridgehead atoms. The van der Waals surface area contributed by atoms with Crippen molar-refractivity contribution in [2.24, 2.45) is 5.92 Å². The molecule has 230 valence electrons. The molecule has 13 heteroatoms. The minimum Gasteiger partial charge on any atom is -0.432 e. The molecule has 3 heterocycles. The standard InChI is InChI=1S/C30H38BrN5O6Si/c1-18-27(43(3,4)41)26(10-12-35-17-23(11-13-37)33-34-35)42-30(18)24-15-21(31)8-9-25(24)36(29(30)40)16-20-6-5-7-22(14-20)32-28(39)19(2)38/h5-9,14-15,17-19,26-27,37-38,41H,10-13,16H2,1-4H3,(H,32,39)/t18-,19-,26+,27-,30+/m0/s1. The first-order chi connectivity index (χ1) is 20.3. The largest absolute Gasteiger partial charge is 0.432 e. The number of ether oxygens (including phenoxy) is 1. The molecule has 11 nitrogen and oxygen atoms in total. The van der Waals surface area contributed by atoms with Crippen LogP contribution in [0.4, 0.5) is 11.4 Å². The topological polar surface area (TPSA) is 150 Å². The van der Waals surface area contributed by atoms with Crippen molar-refractivity contribution >= 4 is 47.4 Å². The van der Waals surface area contributed by atoms with Crippen molar-refractivity contribution in [2.75, 3.05) is 16.8 Å². The molecule has 1 aromatic heterocycles. The predicted molar refractivity (Wildman–Crippen MR) is 167 cm³/mol. The van der Waals surface area contributed by atoms with Gasteiger partial charge in [0.2, 0.25) is 0 Å². The van der Waals surface area contributed by atoms with Gasteiger partial charge in [0.25, 0.3) is 11.8 Å². The molecule has 5 rings (SSSR count). The SMILES string of the molecule is C[C@H](O)C(=O)Nc1cccc(CN2C(=O)[C@]3(O[C@H](CCn4cc(CCO)nn4)[C@@H]([Si](C)(C)O)[C@@H]3C)c3cc(Br)ccc32)c1. The Balaban J connectivity index is 1.47. The van der Waals surface area contributed by atoms with E-state index < -0.39 is 32.0 Å². The zero-order valence-electron chi connectivity index (χ0n) is 24.7. The van der Waals surface area contributed by atoms with Gasteiger partial charge in [-0.1, -0.05) is 40.2 Å². The molecule has 0 saturated carbocycles. The highest BCUT2D eigenvalue weighted by Gasteiger charge is 2.66. The van der Waals surface area contributed by atoms with Gasteiger partial charge < -0.3 is 30.0 Å². The van der Waals surface area contributed by atoms with E-state index >= 15 is 0 Å². The Kier molecular flexibility index (Phi) is 8.94. The maximum absolute atomic E-state index is 14.6. The maximum Gasteiger partial charge on any atom is 0.264 e. The van der Waals surface area contributed by atoms with E-state index in [0.29, 0.717) is 30.8 Å². The summed E-state index contributed by atoms with van der Waals surface area (Å²) < 4.78 is 9.41. The van der Waals surface area contributed by atoms with E-state index in [9.17, 15) is 24.6 Å². The van der Waals surface area contributed by atoms with Crippen LogP contribution in [0.3, 0.4) is 0 Å². The van der Waals surface area contributed by atoms with Crippen LogP contribution in [0, 0.1) is 5.92 Å². The third-order valence-corrected chi connectivity index (χ3v) is 11.5. The summed E-state index contributed by atoms with van der Waals surface area (Å²) in [7, 11) is -2.83. The van der Waals surface area contributed by atoms with Crippen LogP contribution in [0.1, 0.15) is 37.1 Å². The monoisotopic (exact) mass is 671 g/mol. The van der Waals surface area contributed by atoms with Crippen molar-refractivity contribution in [1.82, 2.24) is 15.0 Å². The minimum absolute atomic E-state index is 0.00871. The maximum atomic E-state index is 14.6. The second-order valence-corrected chi connectivity index (χ2v) is 16.9. The van der Waals surface area contributed by atoms with Crippen LogP contribution in [0.2, 0.25) is 18.6 Å². The highest BCUT2D eigenvalue weighted by atomic mass is 79.9. The number of nitrogens with zero attached hydrogens (tertiary/aromatic N) is 4. The third kappa shape index (κ3) is 6.06. The highest BCUT2D eigenvalue weighted by molar-refractivity contribution is 9.10. The van der Waals surface area contributed by atoms with E-state index in [1.165, 1.54) is 6.92 Å². The van der Waals surface area contributed by atoms with Crippen molar-refractivity contribution in [3.63, 3.8) is 0 Å². The van der Waals surface area contributed by atoms with Gasteiger partial charge in [-0.25, -0.2) is 0 Å². The summed E-state index contributed by atoms with van der Waals surface area (Å²) in [5.74, 6) is -1.02. The van der Waals surface area contributed by atoms with Crippen LogP contribution in [-0.2, 0) is 39.4 Å². The fraction of sp³-hybridized carbons (Fsp3) is 0.467. The normalized spacial score (nSPS) is 24.0. The highest BCUT2D eigenvalue weighted by Crippen LogP contribution is 2.60. The molecule has 5 atom stereocenters. The summed E-state index contributed by atoms with van der Waals surface area (Å²) in [6, 6.07) is 12.9. The molecule has 1 fully saturated rings. The Bertz CT molecular complexity index is 1510. The molecule has 0 unspecified atom stereocenters. The van der Waals surface area contributed by atoms with E-state index in [1.54, 1.807) is 34.0 Å². The Morgan fingerprint density at radius 1 is 1.26 bits per heavy atom. The molecular weight excluding hydrogens is 634 g/mol. The van der Waals surface area contributed by atoms with Crippen LogP contribution < -0.4 is 10.2 Å². The molecule has 0 aliphatic carbocycles. The predicted octanol–water partition coefficient (Wildman–Crippen LogP) is 3.33. The summed E-state index contributed by atoms with van der Waals surface area (Å²) in [6.45, 7) is 7.91. The summed E-state index contributed by atoms with van der Waals surface area (Å²) in [5.41, 5.74) is 1.99. The van der Waals surface area contributed by atoms with Crippen molar-refractivity contribution in [1.29, 1.82) is 0 Å². The molecular formula is C30H38BrN5O6Si. The smallest absolute Gasteiger partial charge is 0.264 e. The van der Waals surface area contributed by atoms with Crippen LogP contribution >= 0.6 is 15.9 Å². The molecule has 1 saturated heterocycles. The Labute approximate surface area is 260 Å². The van der Waals surface area contributed by atoms with Gasteiger partial charge in [-0.05, 0) is 62.3 Å². The van der Waals surface area contributed by atoms with E-state index in [1.807, 2.05) is 44.3 Å². The minimum atomic E-state index is -2.83. The van der Waals surface area contributed by atoms with Crippen molar-refractivity contribution in [3.8, 4) is 0 Å². The second-order valence-electron chi connectivity index (χ2n) is 12.0. The van der Waals surface area contributed by atoms with Gasteiger partial charge in [0.15, 0.2) is 13.9 Å². The van der Waals surface area contributed by atoms with Gasteiger partial charge in [0, 0.05) is 53.0 Å². The van der Waals surface area contributed by atoms with E-state index in [4.69, 9.17) is 4.74 Å². The Morgan fingerprint density at radius 2 is 2.02 bits per heavy atom. The summed E-state index contributed by atoms with van der Waals surface area (Å²) in [5, 5.41) is 29.8. The molecule has 4 N–H and O–H groups in total. The number of aryl methyl sites for hydroxylation is 1. The number of aliphatic hydroxyl groups excluding tert-OH is 2. The zero-order valence-corrected chi connectivity index (χ0v) is 27.3. The molecule has 43 heavy (non-hydrogen) atoms. The lowest BCUT2D eigenvalue weighted by Crippen LogP contribution is -2.46. The molecule has 0 radical (unpaired) electrons. The molecule has 2 aliphatic heterocycles. The van der Waals surface area contributed by atoms with Gasteiger partial charge >= 0.3 is 0 Å². The summed E-state index contributed by atoms with van der Waals surface area (Å²) in [4.78, 5) is 39.9. The number of nitrogens with one attached hydrogen (secondary N) is 1. The first kappa shape index (κ1) is 31.5. The fourth-order valence-electron chi connectivity index (χ4n) is 6.59. The number of hydrogen-bond acceptors (Lipinski definition) is 8. The van der Waals surface area contributed by atoms with Crippen LogP contribution in [-0.4, -0.2) is 68.9 Å². The van der Waals surface area contributed by atoms with Gasteiger partial charge in [-0.3, -0.25) is 14.3 Å². The van der Waals surface area contributed by atoms with E-state index in [0.717, 1.165) is 21.3 Å². The lowest BCUT2D eigenvalue weighted by Gasteiger charge is -2.32. The number of carbonyl (C=O) groups excluding carboxylic acids is 2. The third-order valence-electron chi connectivity index (χ3n) is 8.46. The Morgan fingerprint density at radius 3 is 2.72 bits per heavy atom. The van der Waals surface area contributed by atoms with Crippen molar-refractivity contribution in [3.05, 3.63) is 70.0 Å². The summed E-state index contributed by atoms with van der Waals surface area (Å²) >= 11 is 3.59. The number of carbonyl (C=O) groups is 2. The van der Waals surface area contributed by atoms with Crippen molar-refractivity contribution in [2.45, 2.75) is 76.2 Å². The number of aromatic nitrogens is 3.